The summed E-state index contributed by atoms with van der Waals surface area (Å²) in [6.45, 7) is -0.165. The van der Waals surface area contributed by atoms with Crippen LogP contribution < -0.4 is 5.32 Å². The number of carbonyl (C=O) groups excluding carboxylic acids is 1. The molecule has 2 aromatic heterocycles. The number of aromatic nitrogens is 2. The summed E-state index contributed by atoms with van der Waals surface area (Å²) in [5.41, 5.74) is 3.91. The maximum absolute atomic E-state index is 12.9. The van der Waals surface area contributed by atoms with Crippen molar-refractivity contribution in [3.8, 4) is 11.8 Å². The van der Waals surface area contributed by atoms with Gasteiger partial charge in [-0.25, -0.2) is 4.98 Å². The van der Waals surface area contributed by atoms with Gasteiger partial charge in [-0.3, -0.25) is 4.79 Å². The molecule has 1 atom stereocenters. The van der Waals surface area contributed by atoms with Gasteiger partial charge in [0.05, 0.1) is 18.2 Å². The first-order valence-electron chi connectivity index (χ1n) is 9.83. The molecule has 0 saturated heterocycles. The molecule has 1 amide bonds. The Morgan fingerprint density at radius 2 is 1.97 bits per heavy atom. The van der Waals surface area contributed by atoms with E-state index in [-0.39, 0.29) is 12.5 Å². The molecule has 0 spiro atoms. The van der Waals surface area contributed by atoms with Crippen LogP contribution >= 0.6 is 15.9 Å². The predicted octanol–water partition coefficient (Wildman–Crippen LogP) is 4.06. The summed E-state index contributed by atoms with van der Waals surface area (Å²) in [5, 5.41) is 13.9. The summed E-state index contributed by atoms with van der Waals surface area (Å²) >= 11 is 3.44. The zero-order valence-corrected chi connectivity index (χ0v) is 18.2. The van der Waals surface area contributed by atoms with E-state index in [4.69, 9.17) is 0 Å². The minimum absolute atomic E-state index is 0.165. The molecule has 2 heterocycles. The number of nitrogens with zero attached hydrogens (tertiary/aromatic N) is 1. The lowest BCUT2D eigenvalue weighted by Crippen LogP contribution is -2.39. The van der Waals surface area contributed by atoms with E-state index >= 15 is 0 Å². The normalized spacial score (nSPS) is 11.5. The van der Waals surface area contributed by atoms with Gasteiger partial charge in [0.25, 0.3) is 5.91 Å². The number of amides is 1. The number of H-pyrrole nitrogens is 1. The maximum Gasteiger partial charge on any atom is 0.252 e. The highest BCUT2D eigenvalue weighted by atomic mass is 79.9. The molecule has 1 unspecified atom stereocenters. The molecule has 0 aliphatic rings. The van der Waals surface area contributed by atoms with Gasteiger partial charge >= 0.3 is 0 Å². The molecule has 0 bridgehead atoms. The van der Waals surface area contributed by atoms with Gasteiger partial charge in [0, 0.05) is 33.3 Å². The molecular formula is C25H20BrN3O2. The quantitative estimate of drug-likeness (QED) is 0.382. The van der Waals surface area contributed by atoms with Crippen molar-refractivity contribution >= 4 is 32.7 Å². The van der Waals surface area contributed by atoms with Gasteiger partial charge in [-0.15, -0.1) is 0 Å². The fourth-order valence-corrected chi connectivity index (χ4v) is 3.77. The Morgan fingerprint density at radius 3 is 2.77 bits per heavy atom. The Bertz CT molecular complexity index is 1270. The number of aliphatic hydroxyl groups excluding tert-OH is 1. The summed E-state index contributed by atoms with van der Waals surface area (Å²) in [7, 11) is 0. The number of pyridine rings is 1. The van der Waals surface area contributed by atoms with Gasteiger partial charge in [0.2, 0.25) is 0 Å². The average Bonchev–Trinajstić information content (AvgIpc) is 3.21. The van der Waals surface area contributed by atoms with E-state index in [0.29, 0.717) is 27.7 Å². The first-order chi connectivity index (χ1) is 15.1. The number of nitrogens with one attached hydrogen (secondary N) is 2. The van der Waals surface area contributed by atoms with Crippen LogP contribution in [0.3, 0.4) is 0 Å². The minimum Gasteiger partial charge on any atom is -0.394 e. The van der Waals surface area contributed by atoms with E-state index in [2.05, 4.69) is 43.1 Å². The van der Waals surface area contributed by atoms with Gasteiger partial charge < -0.3 is 15.4 Å². The van der Waals surface area contributed by atoms with Gasteiger partial charge in [-0.05, 0) is 70.2 Å². The molecular weight excluding hydrogens is 454 g/mol. The highest BCUT2D eigenvalue weighted by molar-refractivity contribution is 9.10. The zero-order chi connectivity index (χ0) is 21.6. The van der Waals surface area contributed by atoms with Crippen molar-refractivity contribution in [1.29, 1.82) is 0 Å². The number of halogens is 1. The van der Waals surface area contributed by atoms with Crippen LogP contribution in [-0.4, -0.2) is 33.6 Å². The van der Waals surface area contributed by atoms with Crippen LogP contribution in [0, 0.1) is 11.8 Å². The fourth-order valence-electron chi connectivity index (χ4n) is 3.34. The Kier molecular flexibility index (Phi) is 6.46. The van der Waals surface area contributed by atoms with Gasteiger partial charge in [-0.1, -0.05) is 30.2 Å². The monoisotopic (exact) mass is 473 g/mol. The molecule has 0 aliphatic carbocycles. The highest BCUT2D eigenvalue weighted by Crippen LogP contribution is 2.21. The average molecular weight is 474 g/mol. The van der Waals surface area contributed by atoms with E-state index in [0.717, 1.165) is 16.5 Å². The molecule has 0 aliphatic heterocycles. The van der Waals surface area contributed by atoms with Crippen molar-refractivity contribution < 1.29 is 9.90 Å². The largest absolute Gasteiger partial charge is 0.394 e. The van der Waals surface area contributed by atoms with Crippen LogP contribution in [0.4, 0.5) is 0 Å². The third-order valence-corrected chi connectivity index (χ3v) is 5.60. The molecule has 31 heavy (non-hydrogen) atoms. The third-order valence-electron chi connectivity index (χ3n) is 4.91. The maximum atomic E-state index is 12.9. The molecule has 4 rings (SSSR count). The second kappa shape index (κ2) is 9.61. The lowest BCUT2D eigenvalue weighted by Gasteiger charge is -2.17. The van der Waals surface area contributed by atoms with Crippen LogP contribution in [0.25, 0.3) is 10.9 Å². The van der Waals surface area contributed by atoms with Crippen molar-refractivity contribution in [3.63, 3.8) is 0 Å². The van der Waals surface area contributed by atoms with Crippen molar-refractivity contribution in [2.75, 3.05) is 6.61 Å². The first kappa shape index (κ1) is 20.9. The Hall–Kier alpha value is -3.40. The molecule has 0 radical (unpaired) electrons. The minimum atomic E-state index is -0.415. The predicted molar refractivity (Wildman–Crippen MR) is 125 cm³/mol. The van der Waals surface area contributed by atoms with Crippen molar-refractivity contribution in [1.82, 2.24) is 15.3 Å². The molecule has 154 valence electrons. The Morgan fingerprint density at radius 1 is 1.13 bits per heavy atom. The van der Waals surface area contributed by atoms with E-state index < -0.39 is 6.04 Å². The molecule has 5 nitrogen and oxygen atoms in total. The van der Waals surface area contributed by atoms with E-state index in [1.807, 2.05) is 54.7 Å². The summed E-state index contributed by atoms with van der Waals surface area (Å²) < 4.78 is 0.664. The van der Waals surface area contributed by atoms with Crippen molar-refractivity contribution in [2.45, 2.75) is 12.5 Å². The number of aromatic amines is 1. The fraction of sp³-hybridized carbons (Fsp3) is 0.120. The second-order valence-electron chi connectivity index (χ2n) is 7.08. The van der Waals surface area contributed by atoms with Gasteiger partial charge in [0.1, 0.15) is 5.69 Å². The molecule has 0 saturated carbocycles. The number of hydrogen-bond donors (Lipinski definition) is 3. The van der Waals surface area contributed by atoms with E-state index in [9.17, 15) is 9.90 Å². The lowest BCUT2D eigenvalue weighted by molar-refractivity contribution is 0.0915. The smallest absolute Gasteiger partial charge is 0.252 e. The molecule has 2 aromatic carbocycles. The number of hydrogen-bond acceptors (Lipinski definition) is 3. The highest BCUT2D eigenvalue weighted by Gasteiger charge is 2.17. The molecule has 3 N–H and O–H groups in total. The topological polar surface area (TPSA) is 78.0 Å². The Balaban J connectivity index is 1.51. The van der Waals surface area contributed by atoms with E-state index in [1.54, 1.807) is 18.3 Å². The standard InChI is InChI=1S/C25H20BrN3O2/c26-23-11-9-17(8-10-19-5-3-4-12-27-19)13-22(23)25(31)29-20(16-30)14-18-15-28-24-7-2-1-6-21(18)24/h1-7,9,11-13,15,20,28,30H,14,16H2,(H,29,31). The number of benzene rings is 2. The molecule has 4 aromatic rings. The summed E-state index contributed by atoms with van der Waals surface area (Å²) in [6, 6.07) is 18.5. The lowest BCUT2D eigenvalue weighted by atomic mass is 10.0. The number of para-hydroxylation sites is 1. The number of aliphatic hydroxyl groups is 1. The van der Waals surface area contributed by atoms with Gasteiger partial charge in [0.15, 0.2) is 0 Å². The summed E-state index contributed by atoms with van der Waals surface area (Å²) in [4.78, 5) is 20.3. The van der Waals surface area contributed by atoms with Crippen LogP contribution in [0.2, 0.25) is 0 Å². The van der Waals surface area contributed by atoms with Gasteiger partial charge in [-0.2, -0.15) is 0 Å². The van der Waals surface area contributed by atoms with E-state index in [1.165, 1.54) is 0 Å². The molecule has 0 fully saturated rings. The van der Waals surface area contributed by atoms with Crippen LogP contribution in [-0.2, 0) is 6.42 Å². The van der Waals surface area contributed by atoms with Crippen LogP contribution in [0.15, 0.2) is 77.5 Å². The summed E-state index contributed by atoms with van der Waals surface area (Å²) in [5.74, 6) is 5.76. The molecule has 6 heteroatoms. The van der Waals surface area contributed by atoms with Crippen LogP contribution in [0.1, 0.15) is 27.2 Å². The SMILES string of the molecule is O=C(NC(CO)Cc1c[nH]c2ccccc12)c1cc(C#Cc2ccccn2)ccc1Br. The summed E-state index contributed by atoms with van der Waals surface area (Å²) in [6.07, 6.45) is 4.12. The number of fused-ring (bicyclic) bond motifs is 1. The third kappa shape index (κ3) is 5.02. The second-order valence-corrected chi connectivity index (χ2v) is 7.93. The first-order valence-corrected chi connectivity index (χ1v) is 10.6. The number of rotatable bonds is 5. The van der Waals surface area contributed by atoms with Crippen molar-refractivity contribution in [3.05, 3.63) is 99.9 Å². The Labute approximate surface area is 188 Å². The van der Waals surface area contributed by atoms with Crippen LogP contribution in [0.5, 0.6) is 0 Å². The van der Waals surface area contributed by atoms with Crippen molar-refractivity contribution in [2.24, 2.45) is 0 Å². The zero-order valence-electron chi connectivity index (χ0n) is 16.6. The number of carbonyl (C=O) groups is 1.